The lowest BCUT2D eigenvalue weighted by Gasteiger charge is -2.13. The number of H-pyrrole nitrogens is 1. The van der Waals surface area contributed by atoms with E-state index < -0.39 is 5.82 Å². The van der Waals surface area contributed by atoms with Gasteiger partial charge in [-0.2, -0.15) is 10.4 Å². The van der Waals surface area contributed by atoms with Crippen molar-refractivity contribution in [1.29, 1.82) is 5.26 Å². The molecule has 0 saturated carbocycles. The number of aromatic hydroxyl groups is 1. The van der Waals surface area contributed by atoms with Crippen LogP contribution in [-0.4, -0.2) is 52.4 Å². The van der Waals surface area contributed by atoms with Crippen LogP contribution in [0, 0.1) is 24.1 Å². The van der Waals surface area contributed by atoms with Gasteiger partial charge in [0.2, 0.25) is 0 Å². The summed E-state index contributed by atoms with van der Waals surface area (Å²) < 4.78 is 20.5. The molecular formula is C25H25ClFN5O2. The molecule has 4 aromatic rings. The van der Waals surface area contributed by atoms with Crippen molar-refractivity contribution in [3.8, 4) is 40.0 Å². The van der Waals surface area contributed by atoms with Gasteiger partial charge in [0.1, 0.15) is 23.4 Å². The molecule has 2 heterocycles. The van der Waals surface area contributed by atoms with Crippen LogP contribution in [0.2, 0.25) is 0 Å². The molecular weight excluding hydrogens is 457 g/mol. The Bertz CT molecular complexity index is 1350. The number of aromatic nitrogens is 3. The third-order valence-electron chi connectivity index (χ3n) is 5.36. The van der Waals surface area contributed by atoms with Gasteiger partial charge in [-0.3, -0.25) is 5.10 Å². The van der Waals surface area contributed by atoms with Gasteiger partial charge in [-0.25, -0.2) is 9.37 Å². The molecule has 0 amide bonds. The SMILES string of the molecule is Cc1[nH]nc2nc(-c3ccc(O)cc3F)c(C#N)c(-c3ccc(OCCCN(C)C)cc3)c12.Cl. The molecule has 0 aliphatic rings. The van der Waals surface area contributed by atoms with Gasteiger partial charge in [-0.05, 0) is 57.3 Å². The minimum absolute atomic E-state index is 0. The summed E-state index contributed by atoms with van der Waals surface area (Å²) in [5.41, 5.74) is 3.05. The average molecular weight is 482 g/mol. The van der Waals surface area contributed by atoms with E-state index >= 15 is 0 Å². The van der Waals surface area contributed by atoms with E-state index in [9.17, 15) is 14.8 Å². The second-order valence-corrected chi connectivity index (χ2v) is 8.06. The van der Waals surface area contributed by atoms with Crippen LogP contribution in [0.5, 0.6) is 11.5 Å². The van der Waals surface area contributed by atoms with Gasteiger partial charge in [0.25, 0.3) is 0 Å². The molecule has 2 N–H and O–H groups in total. The Balaban J connectivity index is 0.00000324. The lowest BCUT2D eigenvalue weighted by Crippen LogP contribution is -2.15. The standard InChI is InChI=1S/C25H24FN5O2.ClH/c1-15-22-23(16-5-8-18(9-6-16)33-12-4-11-31(2)3)20(14-27)24(28-25(22)30-29-15)19-10-7-17(32)13-21(19)26;/h5-10,13,32H,4,11-12H2,1-3H3,(H,28,29,30);1H. The molecule has 0 bridgehead atoms. The summed E-state index contributed by atoms with van der Waals surface area (Å²) in [6.45, 7) is 3.39. The number of nitrogens with zero attached hydrogens (tertiary/aromatic N) is 4. The molecule has 7 nitrogen and oxygen atoms in total. The lowest BCUT2D eigenvalue weighted by atomic mass is 9.93. The molecule has 0 aliphatic carbocycles. The van der Waals surface area contributed by atoms with Crippen LogP contribution in [-0.2, 0) is 0 Å². The summed E-state index contributed by atoms with van der Waals surface area (Å²) in [5.74, 6) is -0.138. The number of ether oxygens (including phenoxy) is 1. The van der Waals surface area contributed by atoms with Gasteiger partial charge in [-0.15, -0.1) is 12.4 Å². The maximum Gasteiger partial charge on any atom is 0.182 e. The molecule has 0 spiro atoms. The van der Waals surface area contributed by atoms with Crippen LogP contribution < -0.4 is 4.74 Å². The van der Waals surface area contributed by atoms with Gasteiger partial charge in [-0.1, -0.05) is 12.1 Å². The number of aryl methyl sites for hydroxylation is 1. The first kappa shape index (κ1) is 25.0. The molecule has 0 fully saturated rings. The van der Waals surface area contributed by atoms with Crippen LogP contribution in [0.3, 0.4) is 0 Å². The number of hydrogen-bond donors (Lipinski definition) is 2. The number of aromatic amines is 1. The predicted octanol–water partition coefficient (Wildman–Crippen LogP) is 5.07. The molecule has 0 unspecified atom stereocenters. The molecule has 176 valence electrons. The van der Waals surface area contributed by atoms with Gasteiger partial charge < -0.3 is 14.7 Å². The molecule has 0 saturated heterocycles. The monoisotopic (exact) mass is 481 g/mol. The number of pyridine rings is 1. The molecule has 4 rings (SSSR count). The van der Waals surface area contributed by atoms with Crippen molar-refractivity contribution in [3.05, 3.63) is 59.5 Å². The molecule has 0 aliphatic heterocycles. The number of nitrogens with one attached hydrogen (secondary N) is 1. The fourth-order valence-corrected chi connectivity index (χ4v) is 3.78. The Morgan fingerprint density at radius 1 is 1.18 bits per heavy atom. The van der Waals surface area contributed by atoms with E-state index in [4.69, 9.17) is 4.74 Å². The van der Waals surface area contributed by atoms with E-state index in [2.05, 4.69) is 26.2 Å². The van der Waals surface area contributed by atoms with Gasteiger partial charge in [0.15, 0.2) is 5.65 Å². The van der Waals surface area contributed by atoms with Crippen molar-refractivity contribution in [2.45, 2.75) is 13.3 Å². The molecule has 2 aromatic heterocycles. The van der Waals surface area contributed by atoms with E-state index in [1.807, 2.05) is 45.3 Å². The molecule has 2 aromatic carbocycles. The van der Waals surface area contributed by atoms with E-state index in [1.165, 1.54) is 12.1 Å². The Morgan fingerprint density at radius 3 is 2.56 bits per heavy atom. The Kier molecular flexibility index (Phi) is 7.72. The van der Waals surface area contributed by atoms with Crippen LogP contribution in [0.15, 0.2) is 42.5 Å². The normalized spacial score (nSPS) is 10.8. The van der Waals surface area contributed by atoms with Gasteiger partial charge in [0.05, 0.1) is 23.3 Å². The third kappa shape index (κ3) is 4.96. The second kappa shape index (κ2) is 10.5. The maximum absolute atomic E-state index is 14.7. The lowest BCUT2D eigenvalue weighted by molar-refractivity contribution is 0.281. The highest BCUT2D eigenvalue weighted by molar-refractivity contribution is 6.00. The van der Waals surface area contributed by atoms with Crippen LogP contribution >= 0.6 is 12.4 Å². The molecule has 0 atom stereocenters. The van der Waals surface area contributed by atoms with Crippen molar-refractivity contribution in [2.75, 3.05) is 27.2 Å². The van der Waals surface area contributed by atoms with Crippen molar-refractivity contribution < 1.29 is 14.2 Å². The largest absolute Gasteiger partial charge is 0.508 e. The zero-order valence-corrected chi connectivity index (χ0v) is 19.9. The summed E-state index contributed by atoms with van der Waals surface area (Å²) in [6.07, 6.45) is 0.911. The topological polar surface area (TPSA) is 98.1 Å². The van der Waals surface area contributed by atoms with E-state index in [0.717, 1.165) is 36.0 Å². The number of rotatable bonds is 7. The fraction of sp³-hybridized carbons (Fsp3) is 0.240. The van der Waals surface area contributed by atoms with Crippen LogP contribution in [0.4, 0.5) is 4.39 Å². The Morgan fingerprint density at radius 2 is 1.91 bits per heavy atom. The van der Waals surface area contributed by atoms with Gasteiger partial charge in [0, 0.05) is 29.4 Å². The van der Waals surface area contributed by atoms with E-state index in [1.54, 1.807) is 0 Å². The number of halogens is 2. The molecule has 0 radical (unpaired) electrons. The van der Waals surface area contributed by atoms with Gasteiger partial charge >= 0.3 is 0 Å². The number of phenolic OH excluding ortho intramolecular Hbond substituents is 1. The number of fused-ring (bicyclic) bond motifs is 1. The maximum atomic E-state index is 14.7. The van der Waals surface area contributed by atoms with Crippen molar-refractivity contribution in [3.63, 3.8) is 0 Å². The van der Waals surface area contributed by atoms with Crippen molar-refractivity contribution in [1.82, 2.24) is 20.1 Å². The summed E-state index contributed by atoms with van der Waals surface area (Å²) in [5, 5.41) is 27.5. The highest BCUT2D eigenvalue weighted by Gasteiger charge is 2.22. The zero-order valence-electron chi connectivity index (χ0n) is 19.1. The van der Waals surface area contributed by atoms with Crippen molar-refractivity contribution in [2.24, 2.45) is 0 Å². The first-order valence-electron chi connectivity index (χ1n) is 10.5. The van der Waals surface area contributed by atoms with Crippen LogP contribution in [0.25, 0.3) is 33.4 Å². The number of phenols is 1. The van der Waals surface area contributed by atoms with Crippen LogP contribution in [0.1, 0.15) is 17.7 Å². The second-order valence-electron chi connectivity index (χ2n) is 8.06. The van der Waals surface area contributed by atoms with E-state index in [0.29, 0.717) is 23.2 Å². The van der Waals surface area contributed by atoms with E-state index in [-0.39, 0.29) is 35.0 Å². The minimum Gasteiger partial charge on any atom is -0.508 e. The zero-order chi connectivity index (χ0) is 23.5. The molecule has 9 heteroatoms. The average Bonchev–Trinajstić information content (AvgIpc) is 3.16. The Hall–Kier alpha value is -3.67. The third-order valence-corrected chi connectivity index (χ3v) is 5.36. The summed E-state index contributed by atoms with van der Waals surface area (Å²) in [6, 6.07) is 13.4. The molecule has 34 heavy (non-hydrogen) atoms. The Labute approximate surface area is 203 Å². The van der Waals surface area contributed by atoms with Crippen molar-refractivity contribution >= 4 is 23.4 Å². The summed E-state index contributed by atoms with van der Waals surface area (Å²) in [7, 11) is 4.04. The number of benzene rings is 2. The minimum atomic E-state index is -0.668. The summed E-state index contributed by atoms with van der Waals surface area (Å²) >= 11 is 0. The first-order chi connectivity index (χ1) is 15.9. The first-order valence-corrected chi connectivity index (χ1v) is 10.5. The number of hydrogen-bond acceptors (Lipinski definition) is 6. The highest BCUT2D eigenvalue weighted by Crippen LogP contribution is 2.38. The summed E-state index contributed by atoms with van der Waals surface area (Å²) in [4.78, 5) is 6.58. The number of nitriles is 1. The fourth-order valence-electron chi connectivity index (χ4n) is 3.78. The highest BCUT2D eigenvalue weighted by atomic mass is 35.5. The smallest absolute Gasteiger partial charge is 0.182 e. The predicted molar refractivity (Wildman–Crippen MR) is 132 cm³/mol. The quantitative estimate of drug-likeness (QED) is 0.358.